The Morgan fingerprint density at radius 2 is 1.71 bits per heavy atom. The Balaban J connectivity index is 1.54. The van der Waals surface area contributed by atoms with Crippen LogP contribution in [0.15, 0.2) is 48.7 Å². The maximum absolute atomic E-state index is 5.62. The van der Waals surface area contributed by atoms with Gasteiger partial charge in [-0.05, 0) is 29.2 Å². The van der Waals surface area contributed by atoms with Gasteiger partial charge in [-0.3, -0.25) is 0 Å². The largest absolute Gasteiger partial charge is 0.486 e. The Morgan fingerprint density at radius 3 is 2.54 bits per heavy atom. The monoisotopic (exact) mass is 377 g/mol. The quantitative estimate of drug-likeness (QED) is 0.696. The molecule has 7 nitrogen and oxygen atoms in total. The first-order chi connectivity index (χ1) is 13.5. The zero-order valence-corrected chi connectivity index (χ0v) is 16.2. The van der Waals surface area contributed by atoms with Gasteiger partial charge >= 0.3 is 0 Å². The minimum Gasteiger partial charge on any atom is -0.486 e. The third-order valence-corrected chi connectivity index (χ3v) is 4.35. The van der Waals surface area contributed by atoms with E-state index >= 15 is 0 Å². The smallest absolute Gasteiger partial charge is 0.249 e. The normalized spacial score (nSPS) is 13.1. The van der Waals surface area contributed by atoms with Crippen molar-refractivity contribution in [2.75, 3.05) is 23.8 Å². The molecule has 1 aliphatic heterocycles. The number of benzene rings is 2. The van der Waals surface area contributed by atoms with Crippen molar-refractivity contribution in [3.63, 3.8) is 0 Å². The van der Waals surface area contributed by atoms with Gasteiger partial charge in [-0.15, -0.1) is 5.10 Å². The molecule has 0 fully saturated rings. The van der Waals surface area contributed by atoms with Gasteiger partial charge in [0.05, 0.1) is 6.20 Å². The fourth-order valence-electron chi connectivity index (χ4n) is 3.05. The predicted octanol–water partition coefficient (Wildman–Crippen LogP) is 4.43. The SMILES string of the molecule is CC(C)(C)c1ccccc1Nc1nncc(Nc2ccc3c(c2)OCCO3)n1. The molecule has 1 aliphatic rings. The highest BCUT2D eigenvalue weighted by Crippen LogP contribution is 2.34. The second-order valence-electron chi connectivity index (χ2n) is 7.57. The molecule has 0 spiro atoms. The standard InChI is InChI=1S/C21H23N5O2/c1-21(2,3)15-6-4-5-7-16(15)24-20-25-19(13-22-26-20)23-14-8-9-17-18(12-14)28-11-10-27-17/h4-9,12-13H,10-11H2,1-3H3,(H2,23,24,25,26). The number of hydrogen-bond acceptors (Lipinski definition) is 7. The van der Waals surface area contributed by atoms with E-state index in [1.54, 1.807) is 6.20 Å². The molecule has 0 saturated heterocycles. The minimum atomic E-state index is -0.00190. The second kappa shape index (κ2) is 7.34. The van der Waals surface area contributed by atoms with Crippen LogP contribution in [0.4, 0.5) is 23.1 Å². The summed E-state index contributed by atoms with van der Waals surface area (Å²) in [5, 5.41) is 14.7. The van der Waals surface area contributed by atoms with Gasteiger partial charge in [-0.1, -0.05) is 39.0 Å². The van der Waals surface area contributed by atoms with Crippen molar-refractivity contribution in [1.29, 1.82) is 0 Å². The molecule has 0 amide bonds. The Bertz CT molecular complexity index is 985. The zero-order chi connectivity index (χ0) is 19.6. The van der Waals surface area contributed by atoms with E-state index in [-0.39, 0.29) is 5.41 Å². The summed E-state index contributed by atoms with van der Waals surface area (Å²) in [6.45, 7) is 7.64. The number of ether oxygens (including phenoxy) is 2. The van der Waals surface area contributed by atoms with Gasteiger partial charge in [-0.2, -0.15) is 10.1 Å². The number of fused-ring (bicyclic) bond motifs is 1. The molecule has 0 bridgehead atoms. The lowest BCUT2D eigenvalue weighted by molar-refractivity contribution is 0.171. The predicted molar refractivity (Wildman–Crippen MR) is 109 cm³/mol. The van der Waals surface area contributed by atoms with Crippen molar-refractivity contribution in [2.24, 2.45) is 0 Å². The summed E-state index contributed by atoms with van der Waals surface area (Å²) in [5.41, 5.74) is 2.99. The molecule has 0 atom stereocenters. The number of rotatable bonds is 4. The lowest BCUT2D eigenvalue weighted by Gasteiger charge is -2.23. The Kier molecular flexibility index (Phi) is 4.73. The number of hydrogen-bond donors (Lipinski definition) is 2. The summed E-state index contributed by atoms with van der Waals surface area (Å²) in [7, 11) is 0. The molecule has 0 aliphatic carbocycles. The summed E-state index contributed by atoms with van der Waals surface area (Å²) in [5.74, 6) is 2.48. The molecule has 144 valence electrons. The van der Waals surface area contributed by atoms with E-state index in [0.29, 0.717) is 25.0 Å². The van der Waals surface area contributed by atoms with Crippen LogP contribution in [0.3, 0.4) is 0 Å². The summed E-state index contributed by atoms with van der Waals surface area (Å²) >= 11 is 0. The van der Waals surface area contributed by atoms with E-state index in [9.17, 15) is 0 Å². The van der Waals surface area contributed by atoms with Gasteiger partial charge in [0.15, 0.2) is 17.3 Å². The van der Waals surface area contributed by atoms with Gasteiger partial charge in [0.25, 0.3) is 0 Å². The average Bonchev–Trinajstić information content (AvgIpc) is 2.68. The van der Waals surface area contributed by atoms with Crippen LogP contribution in [0.2, 0.25) is 0 Å². The number of nitrogens with one attached hydrogen (secondary N) is 2. The van der Waals surface area contributed by atoms with Gasteiger partial charge in [0.1, 0.15) is 13.2 Å². The number of aromatic nitrogens is 3. The van der Waals surface area contributed by atoms with Crippen molar-refractivity contribution in [3.05, 3.63) is 54.2 Å². The molecule has 2 N–H and O–H groups in total. The molecule has 1 aromatic heterocycles. The zero-order valence-electron chi connectivity index (χ0n) is 16.2. The Labute approximate surface area is 164 Å². The van der Waals surface area contributed by atoms with E-state index in [4.69, 9.17) is 9.47 Å². The summed E-state index contributed by atoms with van der Waals surface area (Å²) in [6.07, 6.45) is 1.58. The van der Waals surface area contributed by atoms with Crippen LogP contribution in [0.5, 0.6) is 11.5 Å². The molecule has 0 unspecified atom stereocenters. The molecular formula is C21H23N5O2. The maximum Gasteiger partial charge on any atom is 0.249 e. The second-order valence-corrected chi connectivity index (χ2v) is 7.57. The molecule has 7 heteroatoms. The molecular weight excluding hydrogens is 354 g/mol. The molecule has 2 aromatic carbocycles. The summed E-state index contributed by atoms with van der Waals surface area (Å²) in [4.78, 5) is 4.53. The van der Waals surface area contributed by atoms with E-state index < -0.39 is 0 Å². The number of para-hydroxylation sites is 1. The van der Waals surface area contributed by atoms with E-state index in [1.165, 1.54) is 5.56 Å². The Hall–Kier alpha value is -3.35. The van der Waals surface area contributed by atoms with E-state index in [0.717, 1.165) is 22.9 Å². The van der Waals surface area contributed by atoms with Crippen molar-refractivity contribution < 1.29 is 9.47 Å². The van der Waals surface area contributed by atoms with Crippen molar-refractivity contribution in [2.45, 2.75) is 26.2 Å². The van der Waals surface area contributed by atoms with E-state index in [1.807, 2.05) is 36.4 Å². The van der Waals surface area contributed by atoms with Crippen LogP contribution in [0.1, 0.15) is 26.3 Å². The highest BCUT2D eigenvalue weighted by molar-refractivity contribution is 5.64. The Morgan fingerprint density at radius 1 is 0.929 bits per heavy atom. The minimum absolute atomic E-state index is 0.00190. The molecule has 4 rings (SSSR count). The first-order valence-corrected chi connectivity index (χ1v) is 9.22. The van der Waals surface area contributed by atoms with Crippen molar-refractivity contribution in [1.82, 2.24) is 15.2 Å². The fraction of sp³-hybridized carbons (Fsp3) is 0.286. The third kappa shape index (κ3) is 3.98. The molecule has 3 aromatic rings. The fourth-order valence-corrected chi connectivity index (χ4v) is 3.05. The molecule has 0 radical (unpaired) electrons. The van der Waals surface area contributed by atoms with Gasteiger partial charge in [-0.25, -0.2) is 0 Å². The van der Waals surface area contributed by atoms with Gasteiger partial charge < -0.3 is 20.1 Å². The van der Waals surface area contributed by atoms with Crippen molar-refractivity contribution in [3.8, 4) is 11.5 Å². The highest BCUT2D eigenvalue weighted by atomic mass is 16.6. The first kappa shape index (κ1) is 18.0. The van der Waals surface area contributed by atoms with Crippen LogP contribution in [0, 0.1) is 0 Å². The lowest BCUT2D eigenvalue weighted by atomic mass is 9.86. The lowest BCUT2D eigenvalue weighted by Crippen LogP contribution is -2.15. The van der Waals surface area contributed by atoms with Crippen molar-refractivity contribution >= 4 is 23.1 Å². The number of nitrogens with zero attached hydrogens (tertiary/aromatic N) is 3. The van der Waals surface area contributed by atoms with Gasteiger partial charge in [0, 0.05) is 17.4 Å². The van der Waals surface area contributed by atoms with Crippen LogP contribution in [-0.4, -0.2) is 28.4 Å². The van der Waals surface area contributed by atoms with E-state index in [2.05, 4.69) is 52.7 Å². The van der Waals surface area contributed by atoms with Gasteiger partial charge in [0.2, 0.25) is 5.95 Å². The molecule has 0 saturated carbocycles. The van der Waals surface area contributed by atoms with Crippen LogP contribution < -0.4 is 20.1 Å². The van der Waals surface area contributed by atoms with Crippen LogP contribution >= 0.6 is 0 Å². The first-order valence-electron chi connectivity index (χ1n) is 9.22. The summed E-state index contributed by atoms with van der Waals surface area (Å²) in [6, 6.07) is 13.8. The highest BCUT2D eigenvalue weighted by Gasteiger charge is 2.18. The topological polar surface area (TPSA) is 81.2 Å². The number of anilines is 4. The van der Waals surface area contributed by atoms with Crippen LogP contribution in [0.25, 0.3) is 0 Å². The van der Waals surface area contributed by atoms with Crippen LogP contribution in [-0.2, 0) is 5.41 Å². The molecule has 28 heavy (non-hydrogen) atoms. The summed E-state index contributed by atoms with van der Waals surface area (Å²) < 4.78 is 11.2. The third-order valence-electron chi connectivity index (χ3n) is 4.35. The average molecular weight is 377 g/mol. The maximum atomic E-state index is 5.62. The molecule has 2 heterocycles.